The number of aromatic nitrogens is 3. The van der Waals surface area contributed by atoms with Crippen molar-refractivity contribution in [2.45, 2.75) is 38.8 Å². The molecule has 0 saturated carbocycles. The summed E-state index contributed by atoms with van der Waals surface area (Å²) in [7, 11) is 0. The van der Waals surface area contributed by atoms with Crippen LogP contribution in [0.25, 0.3) is 0 Å². The summed E-state index contributed by atoms with van der Waals surface area (Å²) in [6.45, 7) is 5.68. The maximum absolute atomic E-state index is 13.1. The van der Waals surface area contributed by atoms with Crippen LogP contribution in [0.3, 0.4) is 0 Å². The molecule has 6 heteroatoms. The first kappa shape index (κ1) is 16.3. The Bertz CT molecular complexity index is 729. The van der Waals surface area contributed by atoms with Gasteiger partial charge in [0.2, 0.25) is 5.91 Å². The van der Waals surface area contributed by atoms with E-state index in [4.69, 9.17) is 0 Å². The first-order valence-electron chi connectivity index (χ1n) is 9.18. The third-order valence-electron chi connectivity index (χ3n) is 5.52. The van der Waals surface area contributed by atoms with E-state index >= 15 is 0 Å². The third kappa shape index (κ3) is 3.31. The summed E-state index contributed by atoms with van der Waals surface area (Å²) in [5, 5.41) is 4.22. The van der Waals surface area contributed by atoms with Crippen LogP contribution in [-0.4, -0.2) is 51.2 Å². The number of piperidine rings is 1. The van der Waals surface area contributed by atoms with Gasteiger partial charge in [0, 0.05) is 25.3 Å². The van der Waals surface area contributed by atoms with Crippen molar-refractivity contribution in [2.24, 2.45) is 5.92 Å². The molecule has 2 atom stereocenters. The molecular weight excluding hydrogens is 314 g/mol. The van der Waals surface area contributed by atoms with Crippen molar-refractivity contribution in [2.75, 3.05) is 24.5 Å². The smallest absolute Gasteiger partial charge is 0.244 e. The molecule has 0 aliphatic carbocycles. The predicted molar refractivity (Wildman–Crippen MR) is 96.3 cm³/mol. The fourth-order valence-corrected chi connectivity index (χ4v) is 4.14. The van der Waals surface area contributed by atoms with E-state index in [9.17, 15) is 4.79 Å². The zero-order chi connectivity index (χ0) is 17.2. The highest BCUT2D eigenvalue weighted by Gasteiger charge is 2.33. The summed E-state index contributed by atoms with van der Waals surface area (Å²) in [6.07, 6.45) is 6.63. The molecule has 1 saturated heterocycles. The fraction of sp³-hybridized carbons (Fsp3) is 0.526. The molecule has 2 aliphatic heterocycles. The minimum atomic E-state index is -0.0790. The maximum atomic E-state index is 13.1. The lowest BCUT2D eigenvalue weighted by Gasteiger charge is -2.37. The van der Waals surface area contributed by atoms with E-state index in [0.29, 0.717) is 5.92 Å². The molecule has 0 spiro atoms. The van der Waals surface area contributed by atoms with Crippen LogP contribution in [0.4, 0.5) is 5.69 Å². The summed E-state index contributed by atoms with van der Waals surface area (Å²) in [5.74, 6) is 0.753. The number of para-hydroxylation sites is 1. The van der Waals surface area contributed by atoms with Crippen molar-refractivity contribution in [3.8, 4) is 0 Å². The summed E-state index contributed by atoms with van der Waals surface area (Å²) >= 11 is 0. The molecular formula is C19H25N5O. The molecule has 1 amide bonds. The first-order chi connectivity index (χ1) is 12.2. The molecule has 0 radical (unpaired) electrons. The zero-order valence-corrected chi connectivity index (χ0v) is 14.7. The van der Waals surface area contributed by atoms with E-state index in [2.05, 4.69) is 40.1 Å². The van der Waals surface area contributed by atoms with Crippen LogP contribution >= 0.6 is 0 Å². The molecule has 25 heavy (non-hydrogen) atoms. The SMILES string of the molecule is C[C@H](C(=O)N1CCc2ccccc21)N1CCC[C@H](Cn2cncn2)C1. The molecule has 2 aliphatic rings. The topological polar surface area (TPSA) is 54.3 Å². The number of nitrogens with zero attached hydrogens (tertiary/aromatic N) is 5. The second-order valence-electron chi connectivity index (χ2n) is 7.17. The van der Waals surface area contributed by atoms with E-state index in [0.717, 1.165) is 44.7 Å². The van der Waals surface area contributed by atoms with Gasteiger partial charge in [-0.3, -0.25) is 14.4 Å². The van der Waals surface area contributed by atoms with E-state index in [1.165, 1.54) is 12.0 Å². The average Bonchev–Trinajstić information content (AvgIpc) is 3.30. The molecule has 3 heterocycles. The quantitative estimate of drug-likeness (QED) is 0.855. The highest BCUT2D eigenvalue weighted by Crippen LogP contribution is 2.29. The Hall–Kier alpha value is -2.21. The maximum Gasteiger partial charge on any atom is 0.244 e. The highest BCUT2D eigenvalue weighted by molar-refractivity contribution is 5.98. The van der Waals surface area contributed by atoms with Gasteiger partial charge in [0.1, 0.15) is 12.7 Å². The van der Waals surface area contributed by atoms with Crippen molar-refractivity contribution < 1.29 is 4.79 Å². The Kier molecular flexibility index (Phi) is 4.53. The molecule has 132 valence electrons. The number of hydrogen-bond donors (Lipinski definition) is 0. The number of fused-ring (bicyclic) bond motifs is 1. The van der Waals surface area contributed by atoms with Crippen LogP contribution < -0.4 is 4.90 Å². The van der Waals surface area contributed by atoms with Gasteiger partial charge in [-0.05, 0) is 50.3 Å². The van der Waals surface area contributed by atoms with E-state index in [-0.39, 0.29) is 11.9 Å². The normalized spacial score (nSPS) is 22.0. The molecule has 6 nitrogen and oxygen atoms in total. The predicted octanol–water partition coefficient (Wildman–Crippen LogP) is 1.97. The molecule has 4 rings (SSSR count). The number of likely N-dealkylation sites (tertiary alicyclic amines) is 1. The first-order valence-corrected chi connectivity index (χ1v) is 9.18. The van der Waals surface area contributed by atoms with Gasteiger partial charge in [0.25, 0.3) is 0 Å². The minimum absolute atomic E-state index is 0.0790. The van der Waals surface area contributed by atoms with Crippen molar-refractivity contribution in [3.05, 3.63) is 42.5 Å². The minimum Gasteiger partial charge on any atom is -0.310 e. The Morgan fingerprint density at radius 3 is 3.04 bits per heavy atom. The third-order valence-corrected chi connectivity index (χ3v) is 5.52. The second-order valence-corrected chi connectivity index (χ2v) is 7.17. The molecule has 1 aromatic carbocycles. The number of hydrogen-bond acceptors (Lipinski definition) is 4. The fourth-order valence-electron chi connectivity index (χ4n) is 4.14. The van der Waals surface area contributed by atoms with Gasteiger partial charge < -0.3 is 4.90 Å². The lowest BCUT2D eigenvalue weighted by molar-refractivity contribution is -0.123. The Balaban J connectivity index is 1.42. The van der Waals surface area contributed by atoms with Gasteiger partial charge in [-0.25, -0.2) is 4.98 Å². The number of amides is 1. The number of carbonyl (C=O) groups is 1. The van der Waals surface area contributed by atoms with E-state index in [1.807, 2.05) is 15.6 Å². The Morgan fingerprint density at radius 2 is 2.20 bits per heavy atom. The number of benzene rings is 1. The summed E-state index contributed by atoms with van der Waals surface area (Å²) in [4.78, 5) is 21.4. The summed E-state index contributed by atoms with van der Waals surface area (Å²) < 4.78 is 1.90. The number of carbonyl (C=O) groups excluding carboxylic acids is 1. The van der Waals surface area contributed by atoms with Crippen molar-refractivity contribution in [1.82, 2.24) is 19.7 Å². The van der Waals surface area contributed by atoms with Crippen LogP contribution in [0.15, 0.2) is 36.9 Å². The van der Waals surface area contributed by atoms with Crippen molar-refractivity contribution in [3.63, 3.8) is 0 Å². The summed E-state index contributed by atoms with van der Waals surface area (Å²) in [5.41, 5.74) is 2.38. The lowest BCUT2D eigenvalue weighted by Crippen LogP contribution is -2.50. The standard InChI is InChI=1S/C19H25N5O/c1-15(19(25)24-10-8-17-6-2-3-7-18(17)24)22-9-4-5-16(11-22)12-23-14-20-13-21-23/h2-3,6-7,13-16H,4-5,8-12H2,1H3/t15-,16+/m1/s1. The highest BCUT2D eigenvalue weighted by atomic mass is 16.2. The largest absolute Gasteiger partial charge is 0.310 e. The second kappa shape index (κ2) is 6.96. The van der Waals surface area contributed by atoms with Crippen molar-refractivity contribution in [1.29, 1.82) is 0 Å². The van der Waals surface area contributed by atoms with Crippen LogP contribution in [-0.2, 0) is 17.8 Å². The van der Waals surface area contributed by atoms with Gasteiger partial charge in [0.15, 0.2) is 0 Å². The molecule has 2 aromatic rings. The van der Waals surface area contributed by atoms with Gasteiger partial charge >= 0.3 is 0 Å². The summed E-state index contributed by atoms with van der Waals surface area (Å²) in [6, 6.07) is 8.18. The number of anilines is 1. The zero-order valence-electron chi connectivity index (χ0n) is 14.7. The van der Waals surface area contributed by atoms with Crippen LogP contribution in [0.5, 0.6) is 0 Å². The van der Waals surface area contributed by atoms with Crippen LogP contribution in [0.2, 0.25) is 0 Å². The molecule has 0 unspecified atom stereocenters. The van der Waals surface area contributed by atoms with E-state index in [1.54, 1.807) is 12.7 Å². The average molecular weight is 339 g/mol. The molecule has 0 bridgehead atoms. The van der Waals surface area contributed by atoms with Gasteiger partial charge in [-0.1, -0.05) is 18.2 Å². The van der Waals surface area contributed by atoms with Gasteiger partial charge in [0.05, 0.1) is 6.04 Å². The van der Waals surface area contributed by atoms with Crippen LogP contribution in [0.1, 0.15) is 25.3 Å². The Labute approximate surface area is 148 Å². The number of rotatable bonds is 4. The molecule has 0 N–H and O–H groups in total. The lowest BCUT2D eigenvalue weighted by atomic mass is 9.96. The molecule has 1 aromatic heterocycles. The Morgan fingerprint density at radius 1 is 1.32 bits per heavy atom. The van der Waals surface area contributed by atoms with Gasteiger partial charge in [-0.15, -0.1) is 0 Å². The van der Waals surface area contributed by atoms with Crippen LogP contribution in [0, 0.1) is 5.92 Å². The van der Waals surface area contributed by atoms with E-state index < -0.39 is 0 Å². The van der Waals surface area contributed by atoms with Crippen molar-refractivity contribution >= 4 is 11.6 Å². The molecule has 1 fully saturated rings. The monoisotopic (exact) mass is 339 g/mol. The van der Waals surface area contributed by atoms with Gasteiger partial charge in [-0.2, -0.15) is 5.10 Å².